The number of amides is 1. The number of nitrogens with one attached hydrogen (secondary N) is 2. The third-order valence-corrected chi connectivity index (χ3v) is 3.34. The topological polar surface area (TPSA) is 87.7 Å². The summed E-state index contributed by atoms with van der Waals surface area (Å²) < 4.78 is 5.40. The highest BCUT2D eigenvalue weighted by Gasteiger charge is 2.33. The van der Waals surface area contributed by atoms with Crippen LogP contribution in [0.25, 0.3) is 0 Å². The smallest absolute Gasteiger partial charge is 0.221 e. The summed E-state index contributed by atoms with van der Waals surface area (Å²) in [5, 5.41) is 15.5. The van der Waals surface area contributed by atoms with Crippen molar-refractivity contribution in [2.45, 2.75) is 66.0 Å². The van der Waals surface area contributed by atoms with Crippen LogP contribution in [0.3, 0.4) is 0 Å². The van der Waals surface area contributed by atoms with Crippen LogP contribution in [-0.4, -0.2) is 34.4 Å². The molecule has 0 aromatic heterocycles. The minimum Gasteiger partial charge on any atom is -0.356 e. The number of hydrogen-bond acceptors (Lipinski definition) is 5. The first-order chi connectivity index (χ1) is 10.8. The van der Waals surface area contributed by atoms with Crippen molar-refractivity contribution >= 4 is 17.4 Å². The molecule has 0 aliphatic rings. The normalized spacial score (nSPS) is 13.5. The number of para-hydroxylation sites is 1. The van der Waals surface area contributed by atoms with E-state index in [1.54, 1.807) is 26.0 Å². The van der Waals surface area contributed by atoms with Gasteiger partial charge in [0.15, 0.2) is 5.78 Å². The zero-order valence-corrected chi connectivity index (χ0v) is 15.5. The number of ketones is 1. The number of carbonyl (C=O) groups is 2. The van der Waals surface area contributed by atoms with Crippen LogP contribution in [0.5, 0.6) is 0 Å². The number of hydrogen-bond donors (Lipinski definition) is 3. The molecular weight excluding hydrogens is 308 g/mol. The van der Waals surface area contributed by atoms with Gasteiger partial charge in [0, 0.05) is 12.5 Å². The number of aryl methyl sites for hydroxylation is 1. The largest absolute Gasteiger partial charge is 0.356 e. The second-order valence-electron chi connectivity index (χ2n) is 7.36. The monoisotopic (exact) mass is 336 g/mol. The van der Waals surface area contributed by atoms with Gasteiger partial charge in [-0.25, -0.2) is 0 Å². The molecule has 0 fully saturated rings. The molecule has 0 aliphatic heterocycles. The van der Waals surface area contributed by atoms with Crippen LogP contribution in [-0.2, 0) is 9.53 Å². The Hall–Kier alpha value is -1.76. The Morgan fingerprint density at radius 2 is 1.75 bits per heavy atom. The summed E-state index contributed by atoms with van der Waals surface area (Å²) in [7, 11) is 0. The first kappa shape index (κ1) is 20.3. The van der Waals surface area contributed by atoms with E-state index in [-0.39, 0.29) is 11.7 Å². The molecule has 1 aromatic carbocycles. The van der Waals surface area contributed by atoms with Crippen molar-refractivity contribution in [2.24, 2.45) is 0 Å². The number of Topliss-reactive ketones (excluding diaryl/α,β-unsaturated/α-hetero) is 1. The number of anilines is 1. The molecule has 1 rings (SSSR count). The lowest BCUT2D eigenvalue weighted by atomic mass is 9.91. The average molecular weight is 336 g/mol. The zero-order chi connectivity index (χ0) is 18.7. The second kappa shape index (κ2) is 7.42. The molecule has 1 atom stereocenters. The van der Waals surface area contributed by atoms with E-state index in [1.807, 2.05) is 33.8 Å². The molecule has 1 amide bonds. The van der Waals surface area contributed by atoms with Gasteiger partial charge < -0.3 is 15.2 Å². The number of ether oxygens (including phenoxy) is 1. The first-order valence-electron chi connectivity index (χ1n) is 7.89. The van der Waals surface area contributed by atoms with Gasteiger partial charge in [-0.2, -0.15) is 0 Å². The first-order valence-corrected chi connectivity index (χ1v) is 7.89. The van der Waals surface area contributed by atoms with Crippen LogP contribution in [0.4, 0.5) is 5.69 Å². The zero-order valence-electron chi connectivity index (χ0n) is 15.5. The van der Waals surface area contributed by atoms with E-state index in [1.165, 1.54) is 6.92 Å². The van der Waals surface area contributed by atoms with Crippen LogP contribution in [0.1, 0.15) is 57.5 Å². The van der Waals surface area contributed by atoms with Gasteiger partial charge in [-0.05, 0) is 53.2 Å². The van der Waals surface area contributed by atoms with Crippen LogP contribution in [0, 0.1) is 6.92 Å². The number of aliphatic hydroxyl groups is 1. The van der Waals surface area contributed by atoms with Gasteiger partial charge in [0.2, 0.25) is 12.3 Å². The summed E-state index contributed by atoms with van der Waals surface area (Å²) in [5.74, 6) is -0.508. The van der Waals surface area contributed by atoms with E-state index < -0.39 is 17.6 Å². The Kier molecular flexibility index (Phi) is 6.27. The highest BCUT2D eigenvalue weighted by atomic mass is 16.6. The lowest BCUT2D eigenvalue weighted by Crippen LogP contribution is -2.54. The highest BCUT2D eigenvalue weighted by Crippen LogP contribution is 2.25. The van der Waals surface area contributed by atoms with Gasteiger partial charge in [-0.1, -0.05) is 12.1 Å². The predicted molar refractivity (Wildman–Crippen MR) is 93.9 cm³/mol. The Morgan fingerprint density at radius 1 is 1.17 bits per heavy atom. The van der Waals surface area contributed by atoms with Gasteiger partial charge >= 0.3 is 0 Å². The molecule has 0 heterocycles. The van der Waals surface area contributed by atoms with Gasteiger partial charge in [0.25, 0.3) is 0 Å². The summed E-state index contributed by atoms with van der Waals surface area (Å²) in [4.78, 5) is 24.4. The Morgan fingerprint density at radius 3 is 2.25 bits per heavy atom. The van der Waals surface area contributed by atoms with E-state index in [4.69, 9.17) is 4.74 Å². The molecule has 6 nitrogen and oxygen atoms in total. The molecule has 3 N–H and O–H groups in total. The molecule has 0 spiro atoms. The average Bonchev–Trinajstić information content (AvgIpc) is 2.36. The van der Waals surface area contributed by atoms with Crippen molar-refractivity contribution in [3.63, 3.8) is 0 Å². The molecule has 1 unspecified atom stereocenters. The third kappa shape index (κ3) is 5.70. The molecule has 24 heavy (non-hydrogen) atoms. The fourth-order valence-corrected chi connectivity index (χ4v) is 2.27. The quantitative estimate of drug-likeness (QED) is 0.549. The molecule has 0 saturated heterocycles. The summed E-state index contributed by atoms with van der Waals surface area (Å²) >= 11 is 0. The molecule has 6 heteroatoms. The number of carbonyl (C=O) groups excluding carboxylic acids is 2. The van der Waals surface area contributed by atoms with Crippen molar-refractivity contribution in [3.05, 3.63) is 29.3 Å². The molecule has 1 aromatic rings. The molecule has 134 valence electrons. The molecule has 0 aliphatic carbocycles. The molecular formula is C18H28N2O4. The predicted octanol–water partition coefficient (Wildman–Crippen LogP) is 2.60. The van der Waals surface area contributed by atoms with Crippen LogP contribution < -0.4 is 10.6 Å². The summed E-state index contributed by atoms with van der Waals surface area (Å²) in [6, 6.07) is 5.23. The van der Waals surface area contributed by atoms with Crippen molar-refractivity contribution in [1.29, 1.82) is 0 Å². The SMILES string of the molecule is CC(=O)Nc1c(C)cccc1C(=O)C(C)(C)NC(O)OC(C)(C)C. The van der Waals surface area contributed by atoms with Gasteiger partial charge in [0.05, 0.1) is 16.8 Å². The highest BCUT2D eigenvalue weighted by molar-refractivity contribution is 6.09. The van der Waals surface area contributed by atoms with E-state index >= 15 is 0 Å². The van der Waals surface area contributed by atoms with E-state index in [9.17, 15) is 14.7 Å². The Labute approximate surface area is 143 Å². The maximum atomic E-state index is 12.9. The Bertz CT molecular complexity index is 618. The number of rotatable bonds is 6. The van der Waals surface area contributed by atoms with E-state index in [2.05, 4.69) is 10.6 Å². The maximum Gasteiger partial charge on any atom is 0.221 e. The van der Waals surface area contributed by atoms with Crippen molar-refractivity contribution in [2.75, 3.05) is 5.32 Å². The minimum atomic E-state index is -1.29. The lowest BCUT2D eigenvalue weighted by Gasteiger charge is -2.32. The standard InChI is InChI=1S/C18H28N2O4/c1-11-9-8-10-13(14(11)19-12(2)21)15(22)18(6,7)20-16(23)24-17(3,4)5/h8-10,16,20,23H,1-7H3,(H,19,21). The van der Waals surface area contributed by atoms with Gasteiger partial charge in [0.1, 0.15) is 0 Å². The number of benzene rings is 1. The summed E-state index contributed by atoms with van der Waals surface area (Å²) in [6.07, 6.45) is -1.29. The maximum absolute atomic E-state index is 12.9. The van der Waals surface area contributed by atoms with Crippen molar-refractivity contribution < 1.29 is 19.4 Å². The van der Waals surface area contributed by atoms with Crippen LogP contribution >= 0.6 is 0 Å². The summed E-state index contributed by atoms with van der Waals surface area (Å²) in [6.45, 7) is 12.0. The lowest BCUT2D eigenvalue weighted by molar-refractivity contribution is -0.188. The van der Waals surface area contributed by atoms with Crippen LogP contribution in [0.2, 0.25) is 0 Å². The Balaban J connectivity index is 3.07. The fourth-order valence-electron chi connectivity index (χ4n) is 2.27. The molecule has 0 bridgehead atoms. The van der Waals surface area contributed by atoms with E-state index in [0.29, 0.717) is 11.3 Å². The van der Waals surface area contributed by atoms with Crippen molar-refractivity contribution in [3.8, 4) is 0 Å². The third-order valence-electron chi connectivity index (χ3n) is 3.34. The van der Waals surface area contributed by atoms with Gasteiger partial charge in [-0.15, -0.1) is 0 Å². The molecule has 0 radical (unpaired) electrons. The summed E-state index contributed by atoms with van der Waals surface area (Å²) in [5.41, 5.74) is 0.00198. The fraction of sp³-hybridized carbons (Fsp3) is 0.556. The molecule has 0 saturated carbocycles. The van der Waals surface area contributed by atoms with Crippen molar-refractivity contribution in [1.82, 2.24) is 5.32 Å². The van der Waals surface area contributed by atoms with Gasteiger partial charge in [-0.3, -0.25) is 14.9 Å². The second-order valence-corrected chi connectivity index (χ2v) is 7.36. The van der Waals surface area contributed by atoms with E-state index in [0.717, 1.165) is 5.56 Å². The number of aliphatic hydroxyl groups excluding tert-OH is 1. The minimum absolute atomic E-state index is 0.250. The van der Waals surface area contributed by atoms with Crippen LogP contribution in [0.15, 0.2) is 18.2 Å².